The van der Waals surface area contributed by atoms with E-state index < -0.39 is 0 Å². The second-order valence-corrected chi connectivity index (χ2v) is 8.83. The number of nitrogens with zero attached hydrogens (tertiary/aromatic N) is 4. The lowest BCUT2D eigenvalue weighted by atomic mass is 9.92. The summed E-state index contributed by atoms with van der Waals surface area (Å²) in [5, 5.41) is 11.2. The van der Waals surface area contributed by atoms with Gasteiger partial charge in [0.05, 0.1) is 23.1 Å². The predicted molar refractivity (Wildman–Crippen MR) is 124 cm³/mol. The van der Waals surface area contributed by atoms with Gasteiger partial charge in [-0.05, 0) is 38.7 Å². The van der Waals surface area contributed by atoms with Crippen LogP contribution in [0.4, 0.5) is 0 Å². The van der Waals surface area contributed by atoms with E-state index in [0.717, 1.165) is 47.7 Å². The fourth-order valence-electron chi connectivity index (χ4n) is 4.60. The lowest BCUT2D eigenvalue weighted by molar-refractivity contribution is -0.132. The van der Waals surface area contributed by atoms with E-state index in [2.05, 4.69) is 15.4 Å². The minimum Gasteiger partial charge on any atom is -0.361 e. The van der Waals surface area contributed by atoms with Gasteiger partial charge in [0, 0.05) is 44.6 Å². The van der Waals surface area contributed by atoms with E-state index in [1.54, 1.807) is 18.1 Å². The monoisotopic (exact) mass is 449 g/mol. The third kappa shape index (κ3) is 5.16. The SMILES string of the molecule is Cc1noc(C)c1CCC(=O)N1CCCC(c2[nH]ncc2C(=O)N(C)Cc2ccccc2)C1. The Morgan fingerprint density at radius 2 is 2.03 bits per heavy atom. The van der Waals surface area contributed by atoms with Gasteiger partial charge in [-0.3, -0.25) is 14.7 Å². The van der Waals surface area contributed by atoms with Crippen LogP contribution in [0.5, 0.6) is 0 Å². The lowest BCUT2D eigenvalue weighted by Gasteiger charge is -2.33. The molecule has 0 radical (unpaired) electrons. The minimum absolute atomic E-state index is 0.0633. The highest BCUT2D eigenvalue weighted by Crippen LogP contribution is 2.29. The highest BCUT2D eigenvalue weighted by molar-refractivity contribution is 5.95. The van der Waals surface area contributed by atoms with Crippen LogP contribution in [0.25, 0.3) is 0 Å². The Hall–Kier alpha value is -3.42. The molecule has 2 amide bonds. The summed E-state index contributed by atoms with van der Waals surface area (Å²) in [5.74, 6) is 0.892. The first-order valence-corrected chi connectivity index (χ1v) is 11.5. The maximum atomic E-state index is 13.2. The molecule has 1 atom stereocenters. The third-order valence-electron chi connectivity index (χ3n) is 6.46. The molecule has 3 heterocycles. The number of likely N-dealkylation sites (tertiary alicyclic amines) is 1. The standard InChI is InChI=1S/C25H31N5O3/c1-17-21(18(2)33-28-17)11-12-23(31)30-13-7-10-20(16-30)24-22(14-26-27-24)25(32)29(3)15-19-8-5-4-6-9-19/h4-6,8-9,14,20H,7,10-13,15-16H2,1-3H3,(H,26,27). The number of aryl methyl sites for hydroxylation is 2. The number of hydrogen-bond donors (Lipinski definition) is 1. The number of aromatic nitrogens is 3. The number of rotatable bonds is 7. The molecular formula is C25H31N5O3. The molecule has 1 unspecified atom stereocenters. The third-order valence-corrected chi connectivity index (χ3v) is 6.46. The van der Waals surface area contributed by atoms with E-state index in [9.17, 15) is 9.59 Å². The van der Waals surface area contributed by atoms with Crippen molar-refractivity contribution >= 4 is 11.8 Å². The van der Waals surface area contributed by atoms with Gasteiger partial charge < -0.3 is 14.3 Å². The lowest BCUT2D eigenvalue weighted by Crippen LogP contribution is -2.40. The van der Waals surface area contributed by atoms with Gasteiger partial charge in [0.2, 0.25) is 5.91 Å². The van der Waals surface area contributed by atoms with Crippen molar-refractivity contribution in [1.82, 2.24) is 25.2 Å². The fourth-order valence-corrected chi connectivity index (χ4v) is 4.60. The van der Waals surface area contributed by atoms with Crippen LogP contribution >= 0.6 is 0 Å². The van der Waals surface area contributed by atoms with Crippen molar-refractivity contribution in [3.63, 3.8) is 0 Å². The number of piperidine rings is 1. The van der Waals surface area contributed by atoms with Crippen LogP contribution in [0.3, 0.4) is 0 Å². The Bertz CT molecular complexity index is 1080. The van der Waals surface area contributed by atoms with Crippen LogP contribution in [0.15, 0.2) is 41.1 Å². The highest BCUT2D eigenvalue weighted by atomic mass is 16.5. The van der Waals surface area contributed by atoms with Gasteiger partial charge in [-0.1, -0.05) is 35.5 Å². The van der Waals surface area contributed by atoms with Crippen LogP contribution in [-0.2, 0) is 17.8 Å². The largest absolute Gasteiger partial charge is 0.361 e. The average molecular weight is 450 g/mol. The second-order valence-electron chi connectivity index (χ2n) is 8.83. The maximum absolute atomic E-state index is 13.2. The van der Waals surface area contributed by atoms with Crippen molar-refractivity contribution in [1.29, 1.82) is 0 Å². The summed E-state index contributed by atoms with van der Waals surface area (Å²) in [4.78, 5) is 29.7. The Morgan fingerprint density at radius 3 is 2.76 bits per heavy atom. The molecule has 0 aliphatic carbocycles. The van der Waals surface area contributed by atoms with Crippen molar-refractivity contribution in [2.45, 2.75) is 52.0 Å². The zero-order valence-electron chi connectivity index (χ0n) is 19.5. The summed E-state index contributed by atoms with van der Waals surface area (Å²) in [7, 11) is 1.80. The predicted octanol–water partition coefficient (Wildman–Crippen LogP) is 3.63. The second kappa shape index (κ2) is 10.0. The summed E-state index contributed by atoms with van der Waals surface area (Å²) in [5.41, 5.74) is 4.34. The zero-order chi connectivity index (χ0) is 23.4. The number of H-pyrrole nitrogens is 1. The Labute approximate surface area is 193 Å². The van der Waals surface area contributed by atoms with Gasteiger partial charge in [0.15, 0.2) is 0 Å². The van der Waals surface area contributed by atoms with Crippen LogP contribution in [0, 0.1) is 13.8 Å². The molecular weight excluding hydrogens is 418 g/mol. The van der Waals surface area contributed by atoms with Crippen molar-refractivity contribution in [2.75, 3.05) is 20.1 Å². The van der Waals surface area contributed by atoms with Gasteiger partial charge in [-0.25, -0.2) is 0 Å². The van der Waals surface area contributed by atoms with Crippen LogP contribution in [-0.4, -0.2) is 57.1 Å². The molecule has 0 saturated carbocycles. The van der Waals surface area contributed by atoms with Crippen molar-refractivity contribution in [2.24, 2.45) is 0 Å². The van der Waals surface area contributed by atoms with Gasteiger partial charge in [-0.2, -0.15) is 5.10 Å². The molecule has 0 bridgehead atoms. The quantitative estimate of drug-likeness (QED) is 0.594. The molecule has 4 rings (SSSR count). The van der Waals surface area contributed by atoms with Gasteiger partial charge in [-0.15, -0.1) is 0 Å². The van der Waals surface area contributed by atoms with Gasteiger partial charge in [0.25, 0.3) is 5.91 Å². The summed E-state index contributed by atoms with van der Waals surface area (Å²) < 4.78 is 5.21. The first-order chi connectivity index (χ1) is 15.9. The zero-order valence-corrected chi connectivity index (χ0v) is 19.5. The number of hydrogen-bond acceptors (Lipinski definition) is 5. The molecule has 8 nitrogen and oxygen atoms in total. The number of amides is 2. The minimum atomic E-state index is -0.0653. The van der Waals surface area contributed by atoms with Crippen molar-refractivity contribution in [3.05, 3.63) is 70.4 Å². The summed E-state index contributed by atoms with van der Waals surface area (Å²) >= 11 is 0. The van der Waals surface area contributed by atoms with Crippen LogP contribution in [0.2, 0.25) is 0 Å². The first kappa shape index (κ1) is 22.8. The topological polar surface area (TPSA) is 95.3 Å². The average Bonchev–Trinajstić information content (AvgIpc) is 3.44. The Kier molecular flexibility index (Phi) is 6.91. The number of nitrogens with one attached hydrogen (secondary N) is 1. The summed E-state index contributed by atoms with van der Waals surface area (Å²) in [6.07, 6.45) is 4.47. The molecule has 1 aliphatic rings. The maximum Gasteiger partial charge on any atom is 0.257 e. The number of benzene rings is 1. The number of carbonyl (C=O) groups is 2. The van der Waals surface area contributed by atoms with E-state index in [0.29, 0.717) is 31.5 Å². The molecule has 174 valence electrons. The Balaban J connectivity index is 1.40. The molecule has 8 heteroatoms. The summed E-state index contributed by atoms with van der Waals surface area (Å²) in [6, 6.07) is 9.91. The van der Waals surface area contributed by atoms with E-state index in [1.807, 2.05) is 49.1 Å². The number of carbonyl (C=O) groups excluding carboxylic acids is 2. The van der Waals surface area contributed by atoms with Crippen LogP contribution < -0.4 is 0 Å². The van der Waals surface area contributed by atoms with Crippen LogP contribution in [0.1, 0.15) is 63.8 Å². The van der Waals surface area contributed by atoms with E-state index in [1.165, 1.54) is 0 Å². The summed E-state index contributed by atoms with van der Waals surface area (Å²) in [6.45, 7) is 5.63. The van der Waals surface area contributed by atoms with Crippen molar-refractivity contribution < 1.29 is 14.1 Å². The molecule has 2 aromatic heterocycles. The molecule has 1 N–H and O–H groups in total. The molecule has 1 aliphatic heterocycles. The van der Waals surface area contributed by atoms with Gasteiger partial charge in [0.1, 0.15) is 5.76 Å². The smallest absolute Gasteiger partial charge is 0.257 e. The first-order valence-electron chi connectivity index (χ1n) is 11.5. The molecule has 3 aromatic rings. The van der Waals surface area contributed by atoms with Gasteiger partial charge >= 0.3 is 0 Å². The molecule has 33 heavy (non-hydrogen) atoms. The fraction of sp³-hybridized carbons (Fsp3) is 0.440. The van der Waals surface area contributed by atoms with Crippen molar-refractivity contribution in [3.8, 4) is 0 Å². The molecule has 1 fully saturated rings. The Morgan fingerprint density at radius 1 is 1.24 bits per heavy atom. The van der Waals surface area contributed by atoms with E-state index in [4.69, 9.17) is 4.52 Å². The molecule has 1 saturated heterocycles. The highest BCUT2D eigenvalue weighted by Gasteiger charge is 2.30. The normalized spacial score (nSPS) is 16.1. The molecule has 1 aromatic carbocycles. The van der Waals surface area contributed by atoms with E-state index in [-0.39, 0.29) is 17.7 Å². The molecule has 0 spiro atoms. The number of aromatic amines is 1. The van der Waals surface area contributed by atoms with E-state index >= 15 is 0 Å².